The molecule has 0 aliphatic carbocycles. The summed E-state index contributed by atoms with van der Waals surface area (Å²) in [6, 6.07) is 11.3. The molecule has 3 rings (SSSR count). The first-order valence-corrected chi connectivity index (χ1v) is 8.22. The number of fused-ring (bicyclic) bond motifs is 1. The average Bonchev–Trinajstić information content (AvgIpc) is 2.96. The van der Waals surface area contributed by atoms with Crippen molar-refractivity contribution in [3.8, 4) is 5.88 Å². The van der Waals surface area contributed by atoms with Gasteiger partial charge in [0.1, 0.15) is 6.04 Å². The number of aryl methyl sites for hydroxylation is 2. The van der Waals surface area contributed by atoms with E-state index < -0.39 is 0 Å². The molecule has 0 saturated carbocycles. The summed E-state index contributed by atoms with van der Waals surface area (Å²) in [6.07, 6.45) is 0. The third-order valence-corrected chi connectivity index (χ3v) is 4.23. The van der Waals surface area contributed by atoms with Crippen LogP contribution in [0.4, 0.5) is 0 Å². The van der Waals surface area contributed by atoms with E-state index in [4.69, 9.17) is 4.74 Å². The van der Waals surface area contributed by atoms with Crippen molar-refractivity contribution in [2.24, 2.45) is 0 Å². The fourth-order valence-electron chi connectivity index (χ4n) is 2.95. The minimum absolute atomic E-state index is 0.0777. The highest BCUT2D eigenvalue weighted by molar-refractivity contribution is 5.84. The molecule has 2 aromatic heterocycles. The van der Waals surface area contributed by atoms with E-state index in [2.05, 4.69) is 15.4 Å². The van der Waals surface area contributed by atoms with Crippen molar-refractivity contribution in [1.29, 1.82) is 0 Å². The summed E-state index contributed by atoms with van der Waals surface area (Å²) in [5.41, 5.74) is 3.69. The standard InChI is InChI=1S/C19H22N4O2/c1-12-9-13(2)23(22-12)14(3)19(24)20-11-15-10-18(25-4)21-17-8-6-5-7-16(15)17/h5-10,14H,11H2,1-4H3,(H,20,24). The minimum atomic E-state index is -0.372. The van der Waals surface area contributed by atoms with Crippen LogP contribution in [0.5, 0.6) is 5.88 Å². The summed E-state index contributed by atoms with van der Waals surface area (Å²) in [5, 5.41) is 8.39. The maximum atomic E-state index is 12.6. The van der Waals surface area contributed by atoms with Gasteiger partial charge >= 0.3 is 0 Å². The lowest BCUT2D eigenvalue weighted by Crippen LogP contribution is -2.31. The number of aromatic nitrogens is 3. The summed E-state index contributed by atoms with van der Waals surface area (Å²) in [5.74, 6) is 0.459. The number of nitrogens with zero attached hydrogens (tertiary/aromatic N) is 3. The Balaban J connectivity index is 1.80. The summed E-state index contributed by atoms with van der Waals surface area (Å²) in [6.45, 7) is 6.12. The SMILES string of the molecule is COc1cc(CNC(=O)C(C)n2nc(C)cc2C)c2ccccc2n1. The number of methoxy groups -OCH3 is 1. The number of para-hydroxylation sites is 1. The molecule has 6 heteroatoms. The molecule has 1 aromatic carbocycles. The number of hydrogen-bond donors (Lipinski definition) is 1. The van der Waals surface area contributed by atoms with E-state index in [1.165, 1.54) is 0 Å². The van der Waals surface area contributed by atoms with Gasteiger partial charge < -0.3 is 10.1 Å². The van der Waals surface area contributed by atoms with Gasteiger partial charge in [-0.05, 0) is 38.5 Å². The second-order valence-corrected chi connectivity index (χ2v) is 6.11. The smallest absolute Gasteiger partial charge is 0.244 e. The highest BCUT2D eigenvalue weighted by atomic mass is 16.5. The summed E-state index contributed by atoms with van der Waals surface area (Å²) in [4.78, 5) is 17.0. The largest absolute Gasteiger partial charge is 0.481 e. The van der Waals surface area contributed by atoms with E-state index in [1.54, 1.807) is 11.8 Å². The van der Waals surface area contributed by atoms with E-state index in [0.29, 0.717) is 12.4 Å². The van der Waals surface area contributed by atoms with Crippen LogP contribution in [-0.4, -0.2) is 27.8 Å². The van der Waals surface area contributed by atoms with Gasteiger partial charge in [0.15, 0.2) is 0 Å². The number of benzene rings is 1. The third-order valence-electron chi connectivity index (χ3n) is 4.23. The molecule has 130 valence electrons. The molecule has 1 atom stereocenters. The number of carbonyl (C=O) groups excluding carboxylic acids is 1. The van der Waals surface area contributed by atoms with Gasteiger partial charge in [-0.25, -0.2) is 4.98 Å². The molecule has 25 heavy (non-hydrogen) atoms. The lowest BCUT2D eigenvalue weighted by molar-refractivity contribution is -0.124. The van der Waals surface area contributed by atoms with Gasteiger partial charge in [-0.2, -0.15) is 5.10 Å². The number of ether oxygens (including phenoxy) is 1. The Labute approximate surface area is 146 Å². The Morgan fingerprint density at radius 3 is 2.72 bits per heavy atom. The number of rotatable bonds is 5. The monoisotopic (exact) mass is 338 g/mol. The molecular weight excluding hydrogens is 316 g/mol. The van der Waals surface area contributed by atoms with Gasteiger partial charge in [-0.1, -0.05) is 18.2 Å². The Morgan fingerprint density at radius 1 is 1.28 bits per heavy atom. The molecule has 1 amide bonds. The second-order valence-electron chi connectivity index (χ2n) is 6.11. The molecule has 6 nitrogen and oxygen atoms in total. The molecule has 2 heterocycles. The number of carbonyl (C=O) groups is 1. The minimum Gasteiger partial charge on any atom is -0.481 e. The van der Waals surface area contributed by atoms with Crippen LogP contribution in [0.2, 0.25) is 0 Å². The van der Waals surface area contributed by atoms with E-state index >= 15 is 0 Å². The van der Waals surface area contributed by atoms with Crippen LogP contribution in [0.25, 0.3) is 10.9 Å². The topological polar surface area (TPSA) is 69.0 Å². The maximum absolute atomic E-state index is 12.6. The first-order valence-electron chi connectivity index (χ1n) is 8.22. The highest BCUT2D eigenvalue weighted by Crippen LogP contribution is 2.22. The molecule has 3 aromatic rings. The summed E-state index contributed by atoms with van der Waals surface area (Å²) < 4.78 is 7.01. The van der Waals surface area contributed by atoms with E-state index in [-0.39, 0.29) is 11.9 Å². The Bertz CT molecular complexity index is 917. The number of hydrogen-bond acceptors (Lipinski definition) is 4. The fraction of sp³-hybridized carbons (Fsp3) is 0.316. The molecule has 1 unspecified atom stereocenters. The normalized spacial score (nSPS) is 12.2. The third kappa shape index (κ3) is 3.47. The van der Waals surface area contributed by atoms with E-state index in [0.717, 1.165) is 27.9 Å². The van der Waals surface area contributed by atoms with Gasteiger partial charge in [0.05, 0.1) is 18.3 Å². The van der Waals surface area contributed by atoms with E-state index in [9.17, 15) is 4.79 Å². The van der Waals surface area contributed by atoms with Crippen LogP contribution in [-0.2, 0) is 11.3 Å². The Morgan fingerprint density at radius 2 is 2.04 bits per heavy atom. The van der Waals surface area contributed by atoms with Crippen molar-refractivity contribution < 1.29 is 9.53 Å². The maximum Gasteiger partial charge on any atom is 0.244 e. The predicted molar refractivity (Wildman–Crippen MR) is 96.6 cm³/mol. The van der Waals surface area contributed by atoms with Gasteiger partial charge in [0.25, 0.3) is 0 Å². The lowest BCUT2D eigenvalue weighted by Gasteiger charge is -2.15. The van der Waals surface area contributed by atoms with Gasteiger partial charge in [-0.3, -0.25) is 9.48 Å². The van der Waals surface area contributed by atoms with Gasteiger partial charge in [0.2, 0.25) is 11.8 Å². The highest BCUT2D eigenvalue weighted by Gasteiger charge is 2.18. The summed E-state index contributed by atoms with van der Waals surface area (Å²) >= 11 is 0. The number of pyridine rings is 1. The van der Waals surface area contributed by atoms with Crippen molar-refractivity contribution >= 4 is 16.8 Å². The zero-order valence-corrected chi connectivity index (χ0v) is 14.9. The van der Waals surface area contributed by atoms with Crippen LogP contribution in [0.1, 0.15) is 29.9 Å². The van der Waals surface area contributed by atoms with Crippen LogP contribution in [0.3, 0.4) is 0 Å². The fourth-order valence-corrected chi connectivity index (χ4v) is 2.95. The van der Waals surface area contributed by atoms with E-state index in [1.807, 2.05) is 57.2 Å². The average molecular weight is 338 g/mol. The zero-order chi connectivity index (χ0) is 18.0. The van der Waals surface area contributed by atoms with Crippen LogP contribution in [0.15, 0.2) is 36.4 Å². The quantitative estimate of drug-likeness (QED) is 0.776. The molecule has 0 fully saturated rings. The molecule has 0 aliphatic rings. The Hall–Kier alpha value is -2.89. The van der Waals surface area contributed by atoms with Crippen molar-refractivity contribution in [3.63, 3.8) is 0 Å². The van der Waals surface area contributed by atoms with Crippen molar-refractivity contribution in [2.45, 2.75) is 33.4 Å². The van der Waals surface area contributed by atoms with Gasteiger partial charge in [-0.15, -0.1) is 0 Å². The van der Waals surface area contributed by atoms with Crippen molar-refractivity contribution in [3.05, 3.63) is 53.3 Å². The second kappa shape index (κ2) is 6.93. The first kappa shape index (κ1) is 17.0. The predicted octanol–water partition coefficient (Wildman–Crippen LogP) is 2.93. The molecule has 0 spiro atoms. The van der Waals surface area contributed by atoms with Crippen LogP contribution >= 0.6 is 0 Å². The van der Waals surface area contributed by atoms with Gasteiger partial charge in [0, 0.05) is 23.7 Å². The van der Waals surface area contributed by atoms with Crippen LogP contribution in [0, 0.1) is 13.8 Å². The zero-order valence-electron chi connectivity index (χ0n) is 14.9. The molecule has 0 aliphatic heterocycles. The Kier molecular flexibility index (Phi) is 4.70. The molecule has 1 N–H and O–H groups in total. The van der Waals surface area contributed by atoms with Crippen molar-refractivity contribution in [1.82, 2.24) is 20.1 Å². The summed E-state index contributed by atoms with van der Waals surface area (Å²) in [7, 11) is 1.59. The molecule has 0 saturated heterocycles. The number of nitrogens with one attached hydrogen (secondary N) is 1. The molecule has 0 radical (unpaired) electrons. The number of amides is 1. The lowest BCUT2D eigenvalue weighted by atomic mass is 10.1. The molecule has 0 bridgehead atoms. The first-order chi connectivity index (χ1) is 12.0. The van der Waals surface area contributed by atoms with Crippen LogP contribution < -0.4 is 10.1 Å². The molecular formula is C19H22N4O2. The van der Waals surface area contributed by atoms with Crippen molar-refractivity contribution in [2.75, 3.05) is 7.11 Å².